The van der Waals surface area contributed by atoms with Crippen molar-refractivity contribution in [2.24, 2.45) is 0 Å². The molecule has 0 aliphatic rings. The highest BCUT2D eigenvalue weighted by atomic mass is 35.5. The molecule has 7 heteroatoms. The fourth-order valence-corrected chi connectivity index (χ4v) is 2.58. The Labute approximate surface area is 111 Å². The van der Waals surface area contributed by atoms with E-state index in [2.05, 4.69) is 10.0 Å². The summed E-state index contributed by atoms with van der Waals surface area (Å²) in [5.74, 6) is 0. The summed E-state index contributed by atoms with van der Waals surface area (Å²) >= 11 is 11.5. The molecule has 0 heterocycles. The normalized spacial score (nSPS) is 13.6. The molecule has 0 aliphatic heterocycles. The van der Waals surface area contributed by atoms with Crippen LogP contribution in [0.4, 0.5) is 0 Å². The van der Waals surface area contributed by atoms with Crippen molar-refractivity contribution in [1.82, 2.24) is 10.0 Å². The van der Waals surface area contributed by atoms with Gasteiger partial charge in [-0.15, -0.1) is 0 Å². The molecule has 0 spiro atoms. The van der Waals surface area contributed by atoms with Gasteiger partial charge in [-0.2, -0.15) is 0 Å². The minimum absolute atomic E-state index is 0.0487. The van der Waals surface area contributed by atoms with Crippen LogP contribution < -0.4 is 10.0 Å². The molecule has 0 aliphatic carbocycles. The quantitative estimate of drug-likeness (QED) is 0.872. The van der Waals surface area contributed by atoms with Gasteiger partial charge in [0.2, 0.25) is 10.0 Å². The van der Waals surface area contributed by atoms with Gasteiger partial charge < -0.3 is 5.32 Å². The maximum Gasteiger partial charge on any atom is 0.240 e. The summed E-state index contributed by atoms with van der Waals surface area (Å²) in [5.41, 5.74) is 0. The summed E-state index contributed by atoms with van der Waals surface area (Å²) in [6, 6.07) is 4.25. The molecule has 1 rings (SSSR count). The second-order valence-electron chi connectivity index (χ2n) is 3.62. The average molecular weight is 297 g/mol. The van der Waals surface area contributed by atoms with Crippen LogP contribution in [-0.4, -0.2) is 28.1 Å². The van der Waals surface area contributed by atoms with Crippen molar-refractivity contribution in [2.45, 2.75) is 17.9 Å². The lowest BCUT2D eigenvalue weighted by atomic mass is 10.4. The second kappa shape index (κ2) is 6.02. The minimum Gasteiger partial charge on any atom is -0.316 e. The minimum atomic E-state index is -3.54. The highest BCUT2D eigenvalue weighted by molar-refractivity contribution is 7.89. The average Bonchev–Trinajstić information content (AvgIpc) is 2.29. The van der Waals surface area contributed by atoms with Gasteiger partial charge in [-0.3, -0.25) is 0 Å². The van der Waals surface area contributed by atoms with Gasteiger partial charge in [0.25, 0.3) is 0 Å². The van der Waals surface area contributed by atoms with Crippen molar-refractivity contribution in [3.8, 4) is 0 Å². The lowest BCUT2D eigenvalue weighted by Gasteiger charge is -2.12. The number of nitrogens with one attached hydrogen (secondary N) is 2. The van der Waals surface area contributed by atoms with Crippen LogP contribution in [0.15, 0.2) is 23.1 Å². The predicted molar refractivity (Wildman–Crippen MR) is 70.2 cm³/mol. The van der Waals surface area contributed by atoms with E-state index in [1.54, 1.807) is 7.05 Å². The first kappa shape index (κ1) is 14.7. The SMILES string of the molecule is CNC(C)CNS(=O)(=O)c1ccc(Cl)c(Cl)c1. The first-order chi connectivity index (χ1) is 7.86. The maximum absolute atomic E-state index is 11.9. The fourth-order valence-electron chi connectivity index (χ4n) is 1.06. The van der Waals surface area contributed by atoms with Crippen LogP contribution >= 0.6 is 23.2 Å². The Morgan fingerprint density at radius 3 is 2.47 bits per heavy atom. The molecule has 17 heavy (non-hydrogen) atoms. The monoisotopic (exact) mass is 296 g/mol. The molecule has 1 atom stereocenters. The largest absolute Gasteiger partial charge is 0.316 e. The fraction of sp³-hybridized carbons (Fsp3) is 0.400. The lowest BCUT2D eigenvalue weighted by molar-refractivity contribution is 0.554. The van der Waals surface area contributed by atoms with Crippen molar-refractivity contribution < 1.29 is 8.42 Å². The van der Waals surface area contributed by atoms with E-state index in [0.29, 0.717) is 11.6 Å². The van der Waals surface area contributed by atoms with Crippen LogP contribution in [0.25, 0.3) is 0 Å². The summed E-state index contributed by atoms with van der Waals surface area (Å²) in [6.07, 6.45) is 0. The van der Waals surface area contributed by atoms with E-state index >= 15 is 0 Å². The number of sulfonamides is 1. The zero-order valence-electron chi connectivity index (χ0n) is 9.50. The number of likely N-dealkylation sites (N-methyl/N-ethyl adjacent to an activating group) is 1. The Morgan fingerprint density at radius 1 is 1.29 bits per heavy atom. The van der Waals surface area contributed by atoms with Crippen molar-refractivity contribution in [1.29, 1.82) is 0 Å². The molecule has 1 unspecified atom stereocenters. The van der Waals surface area contributed by atoms with Crippen molar-refractivity contribution in [3.63, 3.8) is 0 Å². The summed E-state index contributed by atoms with van der Waals surface area (Å²) in [5, 5.41) is 3.48. The van der Waals surface area contributed by atoms with Gasteiger partial charge in [0.15, 0.2) is 0 Å². The van der Waals surface area contributed by atoms with Crippen LogP contribution in [0, 0.1) is 0 Å². The molecule has 0 fully saturated rings. The highest BCUT2D eigenvalue weighted by Crippen LogP contribution is 2.24. The van der Waals surface area contributed by atoms with Crippen LogP contribution in [0.1, 0.15) is 6.92 Å². The molecule has 2 N–H and O–H groups in total. The standard InChI is InChI=1S/C10H14Cl2N2O2S/c1-7(13-2)6-14-17(15,16)8-3-4-9(11)10(12)5-8/h3-5,7,13-14H,6H2,1-2H3. The molecule has 0 saturated carbocycles. The zero-order valence-corrected chi connectivity index (χ0v) is 11.8. The molecular weight excluding hydrogens is 283 g/mol. The third-order valence-corrected chi connectivity index (χ3v) is 4.43. The molecule has 4 nitrogen and oxygen atoms in total. The summed E-state index contributed by atoms with van der Waals surface area (Å²) < 4.78 is 26.2. The molecule has 96 valence electrons. The Kier molecular flexibility index (Phi) is 5.22. The van der Waals surface area contributed by atoms with Gasteiger partial charge in [0, 0.05) is 12.6 Å². The van der Waals surface area contributed by atoms with E-state index in [1.807, 2.05) is 6.92 Å². The predicted octanol–water partition coefficient (Wildman–Crippen LogP) is 1.88. The van der Waals surface area contributed by atoms with E-state index in [1.165, 1.54) is 18.2 Å². The third-order valence-electron chi connectivity index (χ3n) is 2.27. The Bertz CT molecular complexity index is 491. The van der Waals surface area contributed by atoms with Crippen LogP contribution in [0.2, 0.25) is 10.0 Å². The molecule has 0 amide bonds. The lowest BCUT2D eigenvalue weighted by Crippen LogP contribution is -2.37. The zero-order chi connectivity index (χ0) is 13.1. The van der Waals surface area contributed by atoms with E-state index in [4.69, 9.17) is 23.2 Å². The second-order valence-corrected chi connectivity index (χ2v) is 6.20. The van der Waals surface area contributed by atoms with Gasteiger partial charge in [-0.1, -0.05) is 23.2 Å². The summed E-state index contributed by atoms with van der Waals surface area (Å²) in [4.78, 5) is 0.107. The summed E-state index contributed by atoms with van der Waals surface area (Å²) in [6.45, 7) is 2.18. The van der Waals surface area contributed by atoms with E-state index in [0.717, 1.165) is 0 Å². The summed E-state index contributed by atoms with van der Waals surface area (Å²) in [7, 11) is -1.78. The van der Waals surface area contributed by atoms with Crippen molar-refractivity contribution in [3.05, 3.63) is 28.2 Å². The number of hydrogen-bond acceptors (Lipinski definition) is 3. The van der Waals surface area contributed by atoms with E-state index in [-0.39, 0.29) is 16.0 Å². The Morgan fingerprint density at radius 2 is 1.94 bits per heavy atom. The first-order valence-corrected chi connectivity index (χ1v) is 7.22. The number of hydrogen-bond donors (Lipinski definition) is 2. The van der Waals surface area contributed by atoms with Crippen LogP contribution in [0.5, 0.6) is 0 Å². The van der Waals surface area contributed by atoms with Crippen molar-refractivity contribution in [2.75, 3.05) is 13.6 Å². The van der Waals surface area contributed by atoms with Gasteiger partial charge in [0.1, 0.15) is 0 Å². The third kappa shape index (κ3) is 4.12. The highest BCUT2D eigenvalue weighted by Gasteiger charge is 2.15. The van der Waals surface area contributed by atoms with E-state index < -0.39 is 10.0 Å². The number of halogens is 2. The number of rotatable bonds is 5. The van der Waals surface area contributed by atoms with Gasteiger partial charge in [0.05, 0.1) is 14.9 Å². The molecule has 0 saturated heterocycles. The maximum atomic E-state index is 11.9. The van der Waals surface area contributed by atoms with Gasteiger partial charge in [-0.05, 0) is 32.2 Å². The van der Waals surface area contributed by atoms with Crippen molar-refractivity contribution >= 4 is 33.2 Å². The molecule has 1 aromatic rings. The van der Waals surface area contributed by atoms with Crippen LogP contribution in [-0.2, 0) is 10.0 Å². The van der Waals surface area contributed by atoms with Gasteiger partial charge >= 0.3 is 0 Å². The smallest absolute Gasteiger partial charge is 0.240 e. The molecule has 1 aromatic carbocycles. The Balaban J connectivity index is 2.86. The van der Waals surface area contributed by atoms with Gasteiger partial charge in [-0.25, -0.2) is 13.1 Å². The molecule has 0 aromatic heterocycles. The first-order valence-electron chi connectivity index (χ1n) is 4.99. The molecule has 0 radical (unpaired) electrons. The topological polar surface area (TPSA) is 58.2 Å². The molecular formula is C10H14Cl2N2O2S. The van der Waals surface area contributed by atoms with E-state index in [9.17, 15) is 8.42 Å². The Hall–Kier alpha value is -0.330. The molecule has 0 bridgehead atoms. The number of benzene rings is 1. The van der Waals surface area contributed by atoms with Crippen LogP contribution in [0.3, 0.4) is 0 Å².